The highest BCUT2D eigenvalue weighted by Crippen LogP contribution is 2.40. The Hall–Kier alpha value is -2.85. The van der Waals surface area contributed by atoms with Crippen molar-refractivity contribution in [2.24, 2.45) is 0 Å². The van der Waals surface area contributed by atoms with E-state index in [9.17, 15) is 9.59 Å². The molecule has 0 radical (unpaired) electrons. The monoisotopic (exact) mass is 562 g/mol. The number of nitrogens with zero attached hydrogens (tertiary/aromatic N) is 2. The molecule has 1 aromatic heterocycles. The average molecular weight is 563 g/mol. The first-order chi connectivity index (χ1) is 15.3. The van der Waals surface area contributed by atoms with E-state index in [1.165, 1.54) is 4.90 Å². The van der Waals surface area contributed by atoms with Crippen molar-refractivity contribution < 1.29 is 14.3 Å². The maximum atomic E-state index is 13.4. The number of anilines is 1. The third-order valence-corrected chi connectivity index (χ3v) is 5.94. The number of para-hydroxylation sites is 1. The van der Waals surface area contributed by atoms with E-state index < -0.39 is 9.58 Å². The van der Waals surface area contributed by atoms with E-state index in [0.29, 0.717) is 28.8 Å². The predicted molar refractivity (Wildman–Crippen MR) is 131 cm³/mol. The van der Waals surface area contributed by atoms with Crippen LogP contribution in [0, 0.1) is 0 Å². The summed E-state index contributed by atoms with van der Waals surface area (Å²) >= 11 is 8.14. The standard InChI is InChI=1S/C23H20ClIN4O3/c1-23(25,21(30)27-13-15-8-10-26-11-9-15)28-22(31)29-14-16-4-2-3-5-19(16)32-20-7-6-17(24)12-18(20)29/h2-12H,13-14H2,1H3,(H,27,30)(H,28,31)/t23-/m1/s1. The van der Waals surface area contributed by atoms with Crippen molar-refractivity contribution in [3.63, 3.8) is 0 Å². The summed E-state index contributed by atoms with van der Waals surface area (Å²) in [5, 5.41) is 6.16. The van der Waals surface area contributed by atoms with E-state index in [1.54, 1.807) is 37.5 Å². The van der Waals surface area contributed by atoms with Crippen molar-refractivity contribution in [3.05, 3.63) is 83.1 Å². The molecule has 3 amide bonds. The number of hydrogen-bond donors (Lipinski definition) is 2. The number of hydrogen-bond acceptors (Lipinski definition) is 4. The molecule has 2 aromatic carbocycles. The van der Waals surface area contributed by atoms with Gasteiger partial charge in [0.05, 0.1) is 12.2 Å². The number of fused-ring (bicyclic) bond motifs is 2. The number of halogens is 2. The predicted octanol–water partition coefficient (Wildman–Crippen LogP) is 5.02. The second-order valence-corrected chi connectivity index (χ2v) is 9.97. The first kappa shape index (κ1) is 22.3. The van der Waals surface area contributed by atoms with Crippen LogP contribution in [0.5, 0.6) is 11.5 Å². The maximum absolute atomic E-state index is 13.4. The molecule has 4 rings (SSSR count). The lowest BCUT2D eigenvalue weighted by molar-refractivity contribution is -0.123. The first-order valence-corrected chi connectivity index (χ1v) is 11.3. The van der Waals surface area contributed by atoms with Crippen LogP contribution in [-0.2, 0) is 17.9 Å². The molecule has 0 spiro atoms. The van der Waals surface area contributed by atoms with Crippen molar-refractivity contribution in [3.8, 4) is 11.5 Å². The van der Waals surface area contributed by atoms with Crippen LogP contribution in [0.15, 0.2) is 67.0 Å². The normalized spacial score (nSPS) is 14.2. The molecule has 1 atom stereocenters. The minimum Gasteiger partial charge on any atom is -0.455 e. The topological polar surface area (TPSA) is 83.6 Å². The van der Waals surface area contributed by atoms with Crippen molar-refractivity contribution in [1.82, 2.24) is 15.6 Å². The Balaban J connectivity index is 1.55. The van der Waals surface area contributed by atoms with Gasteiger partial charge in [0.25, 0.3) is 5.91 Å². The Morgan fingerprint density at radius 1 is 1.16 bits per heavy atom. The number of carbonyl (C=O) groups excluding carboxylic acids is 2. The minimum absolute atomic E-state index is 0.265. The van der Waals surface area contributed by atoms with Crippen molar-refractivity contribution in [2.75, 3.05) is 4.90 Å². The van der Waals surface area contributed by atoms with Gasteiger partial charge in [0, 0.05) is 29.5 Å². The molecule has 0 fully saturated rings. The molecule has 0 unspecified atom stereocenters. The van der Waals surface area contributed by atoms with Gasteiger partial charge in [-0.1, -0.05) is 29.8 Å². The Kier molecular flexibility index (Phi) is 6.52. The third-order valence-electron chi connectivity index (χ3n) is 4.95. The van der Waals surface area contributed by atoms with Crippen LogP contribution in [0.1, 0.15) is 18.1 Å². The molecule has 0 aliphatic carbocycles. The number of alkyl halides is 1. The second kappa shape index (κ2) is 9.33. The van der Waals surface area contributed by atoms with Crippen LogP contribution in [0.2, 0.25) is 5.02 Å². The maximum Gasteiger partial charge on any atom is 0.323 e. The first-order valence-electron chi connectivity index (χ1n) is 9.84. The fraction of sp³-hybridized carbons (Fsp3) is 0.174. The van der Waals surface area contributed by atoms with E-state index in [1.807, 2.05) is 59.0 Å². The highest BCUT2D eigenvalue weighted by Gasteiger charge is 2.35. The molecule has 1 aliphatic heterocycles. The number of amides is 3. The molecule has 2 heterocycles. The largest absolute Gasteiger partial charge is 0.455 e. The van der Waals surface area contributed by atoms with Gasteiger partial charge in [-0.2, -0.15) is 0 Å². The number of rotatable bonds is 4. The molecule has 0 saturated heterocycles. The Morgan fingerprint density at radius 3 is 2.69 bits per heavy atom. The number of ether oxygens (including phenoxy) is 1. The minimum atomic E-state index is -1.19. The molecular weight excluding hydrogens is 543 g/mol. The SMILES string of the molecule is C[C@@](I)(NC(=O)N1Cc2ccccc2Oc2ccc(Cl)cc21)C(=O)NCc1ccncc1. The summed E-state index contributed by atoms with van der Waals surface area (Å²) in [6, 6.07) is 15.8. The lowest BCUT2D eigenvalue weighted by Crippen LogP contribution is -2.55. The number of carbonyl (C=O) groups is 2. The molecule has 0 saturated carbocycles. The summed E-state index contributed by atoms with van der Waals surface area (Å²) in [4.78, 5) is 31.7. The van der Waals surface area contributed by atoms with Crippen LogP contribution >= 0.6 is 34.2 Å². The second-order valence-electron chi connectivity index (χ2n) is 7.38. The molecule has 32 heavy (non-hydrogen) atoms. The zero-order chi connectivity index (χ0) is 22.7. The van der Waals surface area contributed by atoms with Gasteiger partial charge < -0.3 is 15.4 Å². The molecule has 0 bridgehead atoms. The van der Waals surface area contributed by atoms with Gasteiger partial charge in [0.2, 0.25) is 0 Å². The average Bonchev–Trinajstić information content (AvgIpc) is 2.94. The lowest BCUT2D eigenvalue weighted by Gasteiger charge is -2.29. The molecule has 9 heteroatoms. The van der Waals surface area contributed by atoms with Crippen LogP contribution < -0.4 is 20.3 Å². The highest BCUT2D eigenvalue weighted by atomic mass is 127. The summed E-state index contributed by atoms with van der Waals surface area (Å²) in [6.45, 7) is 2.24. The number of pyridine rings is 1. The summed E-state index contributed by atoms with van der Waals surface area (Å²) in [6.07, 6.45) is 3.32. The molecule has 3 aromatic rings. The molecule has 1 aliphatic rings. The van der Waals surface area contributed by atoms with Gasteiger partial charge in [-0.3, -0.25) is 14.7 Å². The number of aromatic nitrogens is 1. The van der Waals surface area contributed by atoms with Gasteiger partial charge >= 0.3 is 6.03 Å². The fourth-order valence-corrected chi connectivity index (χ4v) is 3.84. The van der Waals surface area contributed by atoms with Crippen LogP contribution in [-0.4, -0.2) is 20.5 Å². The van der Waals surface area contributed by atoms with Gasteiger partial charge in [-0.25, -0.2) is 4.79 Å². The molecule has 2 N–H and O–H groups in total. The number of nitrogens with one attached hydrogen (secondary N) is 2. The smallest absolute Gasteiger partial charge is 0.323 e. The van der Waals surface area contributed by atoms with Crippen LogP contribution in [0.25, 0.3) is 0 Å². The van der Waals surface area contributed by atoms with E-state index in [0.717, 1.165) is 11.1 Å². The van der Waals surface area contributed by atoms with Gasteiger partial charge in [0.1, 0.15) is 5.75 Å². The van der Waals surface area contributed by atoms with Gasteiger partial charge in [0.15, 0.2) is 9.30 Å². The number of urea groups is 1. The third kappa shape index (κ3) is 4.97. The lowest BCUT2D eigenvalue weighted by atomic mass is 10.2. The Morgan fingerprint density at radius 2 is 1.91 bits per heavy atom. The Bertz CT molecular complexity index is 1160. The zero-order valence-electron chi connectivity index (χ0n) is 17.1. The van der Waals surface area contributed by atoms with E-state index in [2.05, 4.69) is 15.6 Å². The van der Waals surface area contributed by atoms with Crippen molar-refractivity contribution in [1.29, 1.82) is 0 Å². The number of benzene rings is 2. The van der Waals surface area contributed by atoms with E-state index in [-0.39, 0.29) is 12.5 Å². The highest BCUT2D eigenvalue weighted by molar-refractivity contribution is 14.1. The van der Waals surface area contributed by atoms with E-state index in [4.69, 9.17) is 16.3 Å². The van der Waals surface area contributed by atoms with Crippen molar-refractivity contribution in [2.45, 2.75) is 23.6 Å². The van der Waals surface area contributed by atoms with Gasteiger partial charge in [-0.15, -0.1) is 0 Å². The van der Waals surface area contributed by atoms with Crippen molar-refractivity contribution >= 4 is 51.8 Å². The molecular formula is C23H20ClIN4O3. The van der Waals surface area contributed by atoms with E-state index >= 15 is 0 Å². The summed E-state index contributed by atoms with van der Waals surface area (Å²) in [5.74, 6) is 0.853. The van der Waals surface area contributed by atoms with Crippen LogP contribution in [0.4, 0.5) is 10.5 Å². The summed E-state index contributed by atoms with van der Waals surface area (Å²) < 4.78 is 4.85. The quantitative estimate of drug-likeness (QED) is 0.266. The van der Waals surface area contributed by atoms with Gasteiger partial charge in [-0.05, 0) is 71.5 Å². The summed E-state index contributed by atoms with van der Waals surface area (Å²) in [7, 11) is 0. The Labute approximate surface area is 204 Å². The molecule has 164 valence electrons. The zero-order valence-corrected chi connectivity index (χ0v) is 20.1. The summed E-state index contributed by atoms with van der Waals surface area (Å²) in [5.41, 5.74) is 2.28. The van der Waals surface area contributed by atoms with Crippen LogP contribution in [0.3, 0.4) is 0 Å². The fourth-order valence-electron chi connectivity index (χ4n) is 3.25. The molecule has 7 nitrogen and oxygen atoms in total.